The first-order valence-corrected chi connectivity index (χ1v) is 9.34. The Morgan fingerprint density at radius 2 is 1.92 bits per heavy atom. The molecule has 1 fully saturated rings. The third-order valence-corrected chi connectivity index (χ3v) is 4.80. The monoisotopic (exact) mass is 356 g/mol. The van der Waals surface area contributed by atoms with Gasteiger partial charge in [0.1, 0.15) is 17.3 Å². The van der Waals surface area contributed by atoms with Crippen molar-refractivity contribution in [2.45, 2.75) is 47.1 Å². The Bertz CT molecular complexity index is 764. The average molecular weight is 356 g/mol. The Balaban J connectivity index is 1.64. The van der Waals surface area contributed by atoms with E-state index < -0.39 is 0 Å². The number of H-pyrrole nitrogens is 1. The lowest BCUT2D eigenvalue weighted by molar-refractivity contribution is 0.0754. The van der Waals surface area contributed by atoms with Gasteiger partial charge in [-0.1, -0.05) is 6.92 Å². The van der Waals surface area contributed by atoms with E-state index in [1.54, 1.807) is 6.07 Å². The van der Waals surface area contributed by atoms with E-state index >= 15 is 0 Å². The van der Waals surface area contributed by atoms with Crippen molar-refractivity contribution in [2.75, 3.05) is 26.2 Å². The van der Waals surface area contributed by atoms with Gasteiger partial charge in [0.05, 0.1) is 5.69 Å². The molecule has 7 nitrogen and oxygen atoms in total. The van der Waals surface area contributed by atoms with Crippen molar-refractivity contribution in [1.29, 1.82) is 0 Å². The van der Waals surface area contributed by atoms with Gasteiger partial charge in [0.2, 0.25) is 0 Å². The second-order valence-electron chi connectivity index (χ2n) is 6.97. The van der Waals surface area contributed by atoms with Crippen molar-refractivity contribution >= 4 is 5.91 Å². The average Bonchev–Trinajstić information content (AvgIpc) is 2.80. The number of hydrogen-bond donors (Lipinski definition) is 1. The molecule has 0 bridgehead atoms. The molecule has 7 heteroatoms. The number of aromatic nitrogens is 4. The summed E-state index contributed by atoms with van der Waals surface area (Å²) in [6.45, 7) is 12.0. The molecule has 2 aromatic heterocycles. The van der Waals surface area contributed by atoms with Crippen LogP contribution in [0.3, 0.4) is 0 Å². The van der Waals surface area contributed by atoms with Crippen molar-refractivity contribution in [3.63, 3.8) is 0 Å². The normalized spacial score (nSPS) is 15.9. The minimum Gasteiger partial charge on any atom is -0.346 e. The Labute approximate surface area is 154 Å². The zero-order valence-corrected chi connectivity index (χ0v) is 16.2. The number of nitrogens with zero attached hydrogens (tertiary/aromatic N) is 5. The zero-order chi connectivity index (χ0) is 18.7. The van der Waals surface area contributed by atoms with Gasteiger partial charge < -0.3 is 9.88 Å². The van der Waals surface area contributed by atoms with Gasteiger partial charge in [0.25, 0.3) is 5.91 Å². The SMILES string of the molecule is CCc1nc(CN2CCCN(C(=O)c3cc(C)nc(C)n3)CC2)c(C)[nH]1. The molecule has 1 aliphatic rings. The molecule has 1 saturated heterocycles. The number of carbonyl (C=O) groups excluding carboxylic acids is 1. The summed E-state index contributed by atoms with van der Waals surface area (Å²) in [6, 6.07) is 1.78. The van der Waals surface area contributed by atoms with Crippen LogP contribution < -0.4 is 0 Å². The Morgan fingerprint density at radius 3 is 2.62 bits per heavy atom. The van der Waals surface area contributed by atoms with E-state index in [0.717, 1.165) is 61.9 Å². The smallest absolute Gasteiger partial charge is 0.272 e. The van der Waals surface area contributed by atoms with Gasteiger partial charge in [-0.05, 0) is 33.3 Å². The number of amides is 1. The van der Waals surface area contributed by atoms with Gasteiger partial charge in [-0.3, -0.25) is 9.69 Å². The largest absolute Gasteiger partial charge is 0.346 e. The van der Waals surface area contributed by atoms with Crippen LogP contribution in [0, 0.1) is 20.8 Å². The van der Waals surface area contributed by atoms with Crippen molar-refractivity contribution in [2.24, 2.45) is 0 Å². The molecule has 3 heterocycles. The molecular formula is C19H28N6O. The van der Waals surface area contributed by atoms with Crippen molar-refractivity contribution in [3.8, 4) is 0 Å². The summed E-state index contributed by atoms with van der Waals surface area (Å²) in [4.78, 5) is 33.7. The number of carbonyl (C=O) groups is 1. The van der Waals surface area contributed by atoms with E-state index in [2.05, 4.69) is 38.7 Å². The third-order valence-electron chi connectivity index (χ3n) is 4.80. The molecule has 0 saturated carbocycles. The van der Waals surface area contributed by atoms with E-state index in [1.165, 1.54) is 0 Å². The van der Waals surface area contributed by atoms with Gasteiger partial charge in [-0.25, -0.2) is 15.0 Å². The highest BCUT2D eigenvalue weighted by molar-refractivity contribution is 5.92. The molecule has 0 spiro atoms. The molecule has 1 aliphatic heterocycles. The van der Waals surface area contributed by atoms with E-state index in [9.17, 15) is 4.79 Å². The van der Waals surface area contributed by atoms with Gasteiger partial charge in [-0.2, -0.15) is 0 Å². The minimum absolute atomic E-state index is 0.00432. The van der Waals surface area contributed by atoms with E-state index in [-0.39, 0.29) is 5.91 Å². The number of aryl methyl sites for hydroxylation is 4. The fraction of sp³-hybridized carbons (Fsp3) is 0.579. The number of aromatic amines is 1. The highest BCUT2D eigenvalue weighted by atomic mass is 16.2. The van der Waals surface area contributed by atoms with Gasteiger partial charge in [0.15, 0.2) is 0 Å². The maximum absolute atomic E-state index is 12.8. The fourth-order valence-electron chi connectivity index (χ4n) is 3.42. The summed E-state index contributed by atoms with van der Waals surface area (Å²) < 4.78 is 0. The topological polar surface area (TPSA) is 78.0 Å². The highest BCUT2D eigenvalue weighted by Gasteiger charge is 2.22. The van der Waals surface area contributed by atoms with Gasteiger partial charge in [0, 0.05) is 50.5 Å². The van der Waals surface area contributed by atoms with Gasteiger partial charge in [-0.15, -0.1) is 0 Å². The summed E-state index contributed by atoms with van der Waals surface area (Å²) >= 11 is 0. The van der Waals surface area contributed by atoms with Crippen LogP contribution in [0.1, 0.15) is 52.6 Å². The van der Waals surface area contributed by atoms with Crippen LogP contribution in [0.25, 0.3) is 0 Å². The summed E-state index contributed by atoms with van der Waals surface area (Å²) in [6.07, 6.45) is 1.87. The summed E-state index contributed by atoms with van der Waals surface area (Å²) in [5, 5.41) is 0. The first-order chi connectivity index (χ1) is 12.5. The van der Waals surface area contributed by atoms with Crippen LogP contribution in [-0.4, -0.2) is 61.8 Å². The molecular weight excluding hydrogens is 328 g/mol. The number of imidazole rings is 1. The first-order valence-electron chi connectivity index (χ1n) is 9.34. The molecule has 1 N–H and O–H groups in total. The fourth-order valence-corrected chi connectivity index (χ4v) is 3.42. The van der Waals surface area contributed by atoms with Crippen LogP contribution >= 0.6 is 0 Å². The lowest BCUT2D eigenvalue weighted by Gasteiger charge is -2.21. The molecule has 1 amide bonds. The number of hydrogen-bond acceptors (Lipinski definition) is 5. The summed E-state index contributed by atoms with van der Waals surface area (Å²) in [7, 11) is 0. The molecule has 3 rings (SSSR count). The number of nitrogens with one attached hydrogen (secondary N) is 1. The zero-order valence-electron chi connectivity index (χ0n) is 16.2. The second kappa shape index (κ2) is 7.95. The van der Waals surface area contributed by atoms with E-state index in [4.69, 9.17) is 0 Å². The lowest BCUT2D eigenvalue weighted by atomic mass is 10.2. The number of rotatable bonds is 4. The molecule has 2 aromatic rings. The Morgan fingerprint density at radius 1 is 1.12 bits per heavy atom. The molecule has 140 valence electrons. The molecule has 0 unspecified atom stereocenters. The molecule has 0 atom stereocenters. The molecule has 0 aliphatic carbocycles. The molecule has 26 heavy (non-hydrogen) atoms. The Kier molecular flexibility index (Phi) is 5.66. The van der Waals surface area contributed by atoms with Crippen LogP contribution in [0.4, 0.5) is 0 Å². The molecule has 0 aromatic carbocycles. The first kappa shape index (κ1) is 18.5. The maximum Gasteiger partial charge on any atom is 0.272 e. The summed E-state index contributed by atoms with van der Waals surface area (Å²) in [5.41, 5.74) is 3.59. The Hall–Kier alpha value is -2.28. The molecule has 0 radical (unpaired) electrons. The quantitative estimate of drug-likeness (QED) is 0.907. The van der Waals surface area contributed by atoms with Crippen molar-refractivity contribution in [1.82, 2.24) is 29.7 Å². The van der Waals surface area contributed by atoms with Crippen LogP contribution in [0.2, 0.25) is 0 Å². The van der Waals surface area contributed by atoms with E-state index in [0.29, 0.717) is 18.1 Å². The van der Waals surface area contributed by atoms with Crippen molar-refractivity contribution in [3.05, 3.63) is 40.5 Å². The maximum atomic E-state index is 12.8. The summed E-state index contributed by atoms with van der Waals surface area (Å²) in [5.74, 6) is 1.69. The van der Waals surface area contributed by atoms with Crippen LogP contribution in [0.15, 0.2) is 6.07 Å². The van der Waals surface area contributed by atoms with Crippen LogP contribution in [0.5, 0.6) is 0 Å². The predicted molar refractivity (Wildman–Crippen MR) is 100 cm³/mol. The van der Waals surface area contributed by atoms with Crippen molar-refractivity contribution < 1.29 is 4.79 Å². The minimum atomic E-state index is 0.00432. The van der Waals surface area contributed by atoms with E-state index in [1.807, 2.05) is 18.7 Å². The standard InChI is InChI=1S/C19H28N6O/c1-5-18-21-14(3)17(23-18)12-24-7-6-8-25(10-9-24)19(26)16-11-13(2)20-15(4)22-16/h11H,5-10,12H2,1-4H3,(H,21,23). The van der Waals surface area contributed by atoms with Crippen LogP contribution in [-0.2, 0) is 13.0 Å². The highest BCUT2D eigenvalue weighted by Crippen LogP contribution is 2.13. The third kappa shape index (κ3) is 4.27. The lowest BCUT2D eigenvalue weighted by Crippen LogP contribution is -2.35. The predicted octanol–water partition coefficient (Wildman–Crippen LogP) is 2.04. The second-order valence-corrected chi connectivity index (χ2v) is 6.97. The van der Waals surface area contributed by atoms with Gasteiger partial charge >= 0.3 is 0 Å².